The van der Waals surface area contributed by atoms with Gasteiger partial charge in [-0.15, -0.1) is 0 Å². The van der Waals surface area contributed by atoms with E-state index in [0.717, 1.165) is 9.80 Å². The van der Waals surface area contributed by atoms with Crippen LogP contribution in [-0.2, 0) is 33.5 Å². The first-order valence-corrected chi connectivity index (χ1v) is 18.1. The zero-order chi connectivity index (χ0) is 41.4. The third-order valence-corrected chi connectivity index (χ3v) is 9.69. The number of piperidine rings is 2. The number of ether oxygens (including phenoxy) is 3. The summed E-state index contributed by atoms with van der Waals surface area (Å²) >= 11 is 0. The molecule has 4 aliphatic heterocycles. The van der Waals surface area contributed by atoms with Gasteiger partial charge in [0.05, 0.1) is 28.9 Å². The summed E-state index contributed by atoms with van der Waals surface area (Å²) in [7, 11) is 0. The third kappa shape index (κ3) is 8.37. The van der Waals surface area contributed by atoms with E-state index in [1.54, 1.807) is 27.7 Å². The van der Waals surface area contributed by atoms with Crippen molar-refractivity contribution in [1.82, 2.24) is 31.1 Å². The van der Waals surface area contributed by atoms with Crippen molar-refractivity contribution in [2.24, 2.45) is 0 Å². The van der Waals surface area contributed by atoms with Crippen molar-refractivity contribution in [1.29, 1.82) is 0 Å². The van der Waals surface area contributed by atoms with E-state index < -0.39 is 95.6 Å². The highest BCUT2D eigenvalue weighted by Crippen LogP contribution is 2.35. The van der Waals surface area contributed by atoms with Crippen molar-refractivity contribution in [3.63, 3.8) is 0 Å². The van der Waals surface area contributed by atoms with Gasteiger partial charge in [0.25, 0.3) is 35.4 Å². The molecular formula is C38H40N6O13. The maximum atomic E-state index is 13.3. The highest BCUT2D eigenvalue weighted by atomic mass is 16.5. The fourth-order valence-electron chi connectivity index (χ4n) is 6.94. The molecule has 2 saturated heterocycles. The number of rotatable bonds is 14. The monoisotopic (exact) mass is 788 g/mol. The highest BCUT2D eigenvalue weighted by Gasteiger charge is 2.47. The summed E-state index contributed by atoms with van der Waals surface area (Å²) in [6, 6.07) is 6.30. The lowest BCUT2D eigenvalue weighted by Gasteiger charge is -2.31. The van der Waals surface area contributed by atoms with E-state index >= 15 is 0 Å². The fraction of sp³-hybridized carbons (Fsp3) is 0.421. The smallest absolute Gasteiger partial charge is 0.266 e. The van der Waals surface area contributed by atoms with Crippen LogP contribution in [-0.4, -0.2) is 112 Å². The first-order chi connectivity index (χ1) is 26.9. The average Bonchev–Trinajstić information content (AvgIpc) is 3.54. The molecule has 0 bridgehead atoms. The Morgan fingerprint density at radius 1 is 0.667 bits per heavy atom. The minimum absolute atomic E-state index is 0.000995. The van der Waals surface area contributed by atoms with Gasteiger partial charge < -0.3 is 24.8 Å². The molecule has 4 aliphatic rings. The Morgan fingerprint density at radius 2 is 1.11 bits per heavy atom. The second-order valence-electron chi connectivity index (χ2n) is 14.9. The van der Waals surface area contributed by atoms with E-state index in [0.29, 0.717) is 0 Å². The zero-order valence-corrected chi connectivity index (χ0v) is 31.5. The van der Waals surface area contributed by atoms with Gasteiger partial charge in [-0.25, -0.2) is 0 Å². The number of benzene rings is 2. The Balaban J connectivity index is 0.962. The lowest BCUT2D eigenvalue weighted by Crippen LogP contribution is -2.54. The van der Waals surface area contributed by atoms with Crippen molar-refractivity contribution >= 4 is 59.1 Å². The Morgan fingerprint density at radius 3 is 1.54 bits per heavy atom. The van der Waals surface area contributed by atoms with Gasteiger partial charge in [-0.3, -0.25) is 68.4 Å². The van der Waals surface area contributed by atoms with Gasteiger partial charge in [0.1, 0.15) is 29.3 Å². The molecule has 0 radical (unpaired) electrons. The topological polar surface area (TPSA) is 253 Å². The van der Waals surface area contributed by atoms with Crippen molar-refractivity contribution in [3.05, 3.63) is 58.7 Å². The minimum atomic E-state index is -1.21. The number of nitrogens with one attached hydrogen (secondary N) is 4. The Hall–Kier alpha value is -6.50. The Bertz CT molecular complexity index is 1980. The summed E-state index contributed by atoms with van der Waals surface area (Å²) in [6.07, 6.45) is 0.191. The van der Waals surface area contributed by atoms with Gasteiger partial charge in [0.2, 0.25) is 23.6 Å². The van der Waals surface area contributed by atoms with E-state index in [9.17, 15) is 47.9 Å². The number of carbonyl (C=O) groups is 10. The molecule has 2 atom stereocenters. The van der Waals surface area contributed by atoms with E-state index in [1.807, 2.05) is 0 Å². The largest absolute Gasteiger partial charge is 0.483 e. The van der Waals surface area contributed by atoms with Crippen LogP contribution >= 0.6 is 0 Å². The molecule has 19 nitrogen and oxygen atoms in total. The molecule has 0 aromatic heterocycles. The molecule has 2 fully saturated rings. The molecule has 0 saturated carbocycles. The fourth-order valence-corrected chi connectivity index (χ4v) is 6.94. The molecule has 4 heterocycles. The lowest BCUT2D eigenvalue weighted by molar-refractivity contribution is -0.137. The summed E-state index contributed by atoms with van der Waals surface area (Å²) < 4.78 is 17.2. The van der Waals surface area contributed by atoms with Crippen LogP contribution in [0.2, 0.25) is 0 Å². The van der Waals surface area contributed by atoms with Crippen LogP contribution in [0.5, 0.6) is 11.5 Å². The minimum Gasteiger partial charge on any atom is -0.483 e. The van der Waals surface area contributed by atoms with Gasteiger partial charge in [0.15, 0.2) is 13.2 Å². The average molecular weight is 789 g/mol. The summed E-state index contributed by atoms with van der Waals surface area (Å²) in [5, 5.41) is 9.76. The quantitative estimate of drug-likeness (QED) is 0.147. The van der Waals surface area contributed by atoms with Gasteiger partial charge >= 0.3 is 0 Å². The molecule has 2 unspecified atom stereocenters. The molecule has 19 heteroatoms. The third-order valence-electron chi connectivity index (χ3n) is 9.69. The molecule has 10 amide bonds. The second-order valence-corrected chi connectivity index (χ2v) is 14.9. The number of hydrogen-bond acceptors (Lipinski definition) is 13. The van der Waals surface area contributed by atoms with Gasteiger partial charge in [0, 0.05) is 18.4 Å². The summed E-state index contributed by atoms with van der Waals surface area (Å²) in [6.45, 7) is 5.66. The van der Waals surface area contributed by atoms with E-state index in [4.69, 9.17) is 14.2 Å². The molecule has 4 N–H and O–H groups in total. The van der Waals surface area contributed by atoms with Gasteiger partial charge in [-0.05, 0) is 71.2 Å². The maximum absolute atomic E-state index is 13.3. The van der Waals surface area contributed by atoms with Gasteiger partial charge in [-0.2, -0.15) is 0 Å². The molecule has 6 rings (SSSR count). The first-order valence-electron chi connectivity index (χ1n) is 18.1. The Labute approximate surface area is 325 Å². The first kappa shape index (κ1) is 40.2. The number of hydrogen-bond donors (Lipinski definition) is 4. The summed E-state index contributed by atoms with van der Waals surface area (Å²) in [5.41, 5.74) is -2.23. The van der Waals surface area contributed by atoms with Crippen LogP contribution < -0.4 is 30.7 Å². The number of fused-ring (bicyclic) bond motifs is 2. The van der Waals surface area contributed by atoms with Crippen molar-refractivity contribution in [2.75, 3.05) is 19.8 Å². The Kier molecular flexibility index (Phi) is 11.0. The van der Waals surface area contributed by atoms with Crippen molar-refractivity contribution in [2.45, 2.75) is 83.1 Å². The predicted molar refractivity (Wildman–Crippen MR) is 192 cm³/mol. The van der Waals surface area contributed by atoms with Crippen LogP contribution in [0.3, 0.4) is 0 Å². The van der Waals surface area contributed by atoms with E-state index in [-0.39, 0.29) is 72.5 Å². The molecule has 2 aromatic rings. The zero-order valence-electron chi connectivity index (χ0n) is 31.5. The highest BCUT2D eigenvalue weighted by molar-refractivity contribution is 6.25. The van der Waals surface area contributed by atoms with Crippen LogP contribution in [0.25, 0.3) is 0 Å². The lowest BCUT2D eigenvalue weighted by atomic mass is 10.0. The van der Waals surface area contributed by atoms with Crippen LogP contribution in [0, 0.1) is 0 Å². The van der Waals surface area contributed by atoms with Crippen molar-refractivity contribution < 1.29 is 62.2 Å². The summed E-state index contributed by atoms with van der Waals surface area (Å²) in [5.74, 6) is -6.69. The van der Waals surface area contributed by atoms with E-state index in [1.165, 1.54) is 36.4 Å². The van der Waals surface area contributed by atoms with Crippen LogP contribution in [0.15, 0.2) is 36.4 Å². The van der Waals surface area contributed by atoms with Gasteiger partial charge in [-0.1, -0.05) is 12.1 Å². The second kappa shape index (κ2) is 15.6. The number of amides is 10. The standard InChI is InChI=1S/C38H40N6O13/c1-37(2,41-27(47)17-55-23-9-5-7-19-29(23)35(53)43(33(19)51)21-11-13-25(45)39-31(21)49)15-16-57-38(3,4)42-28(48)18-56-24-10-6-8-20-30(24)36(54)44(34(20)52)22-12-14-26(46)40-32(22)50/h5-10,21-22H,11-18H2,1-4H3,(H,41,47)(H,42,48)(H,39,45,49)(H,40,46,50). The SMILES string of the molecule is CC(C)(CCOC(C)(C)NC(=O)COc1cccc2c1C(=O)N(C1CCC(=O)NC1=O)C2=O)NC(=O)COc1cccc2c1C(=O)N(C1CCC(=O)NC1=O)C2=O. The van der Waals surface area contributed by atoms with Crippen LogP contribution in [0.4, 0.5) is 0 Å². The number of imide groups is 4. The van der Waals surface area contributed by atoms with E-state index in [2.05, 4.69) is 21.3 Å². The molecular weight excluding hydrogens is 748 g/mol. The molecule has 0 aliphatic carbocycles. The number of carbonyl (C=O) groups excluding carboxylic acids is 10. The predicted octanol–water partition coefficient (Wildman–Crippen LogP) is 0.101. The molecule has 0 spiro atoms. The molecule has 300 valence electrons. The normalized spacial score (nSPS) is 19.6. The van der Waals surface area contributed by atoms with Crippen molar-refractivity contribution in [3.8, 4) is 11.5 Å². The maximum Gasteiger partial charge on any atom is 0.266 e. The number of nitrogens with zero attached hydrogens (tertiary/aromatic N) is 2. The summed E-state index contributed by atoms with van der Waals surface area (Å²) in [4.78, 5) is 128. The molecule has 57 heavy (non-hydrogen) atoms. The molecule has 2 aromatic carbocycles. The van der Waals surface area contributed by atoms with Crippen LogP contribution in [0.1, 0.15) is 101 Å².